The minimum Gasteiger partial charge on any atom is -0.384 e. The Morgan fingerprint density at radius 2 is 2.00 bits per heavy atom. The third-order valence-corrected chi connectivity index (χ3v) is 4.84. The normalized spacial score (nSPS) is 20.0. The molecule has 0 radical (unpaired) electrons. The number of hydrogen-bond donors (Lipinski definition) is 1. The molecule has 1 aromatic rings. The van der Waals surface area contributed by atoms with Crippen LogP contribution in [0.5, 0.6) is 0 Å². The Morgan fingerprint density at radius 3 is 2.62 bits per heavy atom. The lowest BCUT2D eigenvalue weighted by atomic mass is 9.97. The fraction of sp³-hybridized carbons (Fsp3) is 0.647. The van der Waals surface area contributed by atoms with Gasteiger partial charge in [-0.05, 0) is 49.3 Å². The van der Waals surface area contributed by atoms with Crippen LogP contribution in [0, 0.1) is 5.92 Å². The molecular weight excluding hydrogens is 284 g/mol. The topological polar surface area (TPSA) is 24.5 Å². The Bertz CT molecular complexity index is 468. The van der Waals surface area contributed by atoms with Crippen LogP contribution in [0.4, 0.5) is 5.69 Å². The Kier molecular flexibility index (Phi) is 5.04. The van der Waals surface area contributed by atoms with Crippen molar-refractivity contribution in [1.82, 2.24) is 5.32 Å². The summed E-state index contributed by atoms with van der Waals surface area (Å²) in [5, 5.41) is 4.42. The summed E-state index contributed by atoms with van der Waals surface area (Å²) < 4.78 is 5.26. The Hall–Kier alpha value is -0.770. The highest BCUT2D eigenvalue weighted by Gasteiger charge is 2.22. The van der Waals surface area contributed by atoms with Gasteiger partial charge in [0, 0.05) is 39.4 Å². The van der Waals surface area contributed by atoms with Gasteiger partial charge in [-0.2, -0.15) is 0 Å². The molecule has 0 amide bonds. The molecule has 2 aliphatic rings. The number of hydrogen-bond acceptors (Lipinski definition) is 3. The zero-order chi connectivity index (χ0) is 14.7. The van der Waals surface area contributed by atoms with Gasteiger partial charge >= 0.3 is 0 Å². The van der Waals surface area contributed by atoms with Crippen LogP contribution in [-0.4, -0.2) is 32.8 Å². The highest BCUT2D eigenvalue weighted by atomic mass is 35.5. The fourth-order valence-electron chi connectivity index (χ4n) is 3.04. The summed E-state index contributed by atoms with van der Waals surface area (Å²) >= 11 is 6.50. The van der Waals surface area contributed by atoms with Crippen LogP contribution in [0.3, 0.4) is 0 Å². The van der Waals surface area contributed by atoms with Crippen molar-refractivity contribution in [3.8, 4) is 0 Å². The number of halogens is 1. The van der Waals surface area contributed by atoms with E-state index >= 15 is 0 Å². The molecule has 1 saturated carbocycles. The Morgan fingerprint density at radius 1 is 1.24 bits per heavy atom. The van der Waals surface area contributed by atoms with E-state index in [0.29, 0.717) is 5.92 Å². The molecule has 21 heavy (non-hydrogen) atoms. The highest BCUT2D eigenvalue weighted by molar-refractivity contribution is 6.33. The van der Waals surface area contributed by atoms with Crippen molar-refractivity contribution in [2.24, 2.45) is 5.92 Å². The monoisotopic (exact) mass is 308 g/mol. The molecule has 0 atom stereocenters. The molecule has 1 aliphatic heterocycles. The van der Waals surface area contributed by atoms with Gasteiger partial charge in [-0.25, -0.2) is 0 Å². The summed E-state index contributed by atoms with van der Waals surface area (Å²) in [4.78, 5) is 2.41. The lowest BCUT2D eigenvalue weighted by molar-refractivity contribution is 0.139. The maximum absolute atomic E-state index is 6.50. The van der Waals surface area contributed by atoms with Gasteiger partial charge in [0.05, 0.1) is 10.7 Å². The summed E-state index contributed by atoms with van der Waals surface area (Å²) in [7, 11) is 1.79. The summed E-state index contributed by atoms with van der Waals surface area (Å²) in [6.45, 7) is 3.97. The summed E-state index contributed by atoms with van der Waals surface area (Å²) in [5.41, 5.74) is 2.47. The van der Waals surface area contributed by atoms with Crippen LogP contribution in [0.1, 0.15) is 31.2 Å². The number of rotatable bonds is 6. The number of benzene rings is 1. The molecule has 116 valence electrons. The minimum atomic E-state index is 0.701. The van der Waals surface area contributed by atoms with Crippen LogP contribution in [0.25, 0.3) is 0 Å². The van der Waals surface area contributed by atoms with Crippen molar-refractivity contribution < 1.29 is 4.74 Å². The first kappa shape index (κ1) is 15.1. The first-order valence-electron chi connectivity index (χ1n) is 8.02. The molecule has 0 bridgehead atoms. The van der Waals surface area contributed by atoms with Crippen molar-refractivity contribution in [2.75, 3.05) is 31.7 Å². The van der Waals surface area contributed by atoms with E-state index in [1.165, 1.54) is 36.9 Å². The molecule has 2 fully saturated rings. The summed E-state index contributed by atoms with van der Waals surface area (Å²) in [5.74, 6) is 0.701. The molecule has 1 heterocycles. The van der Waals surface area contributed by atoms with E-state index in [2.05, 4.69) is 28.4 Å². The zero-order valence-corrected chi connectivity index (χ0v) is 13.5. The van der Waals surface area contributed by atoms with Crippen molar-refractivity contribution in [3.05, 3.63) is 28.8 Å². The Balaban J connectivity index is 1.57. The molecule has 1 aromatic carbocycles. The van der Waals surface area contributed by atoms with Gasteiger partial charge in [0.15, 0.2) is 0 Å². The van der Waals surface area contributed by atoms with Crippen LogP contribution in [0.15, 0.2) is 18.2 Å². The van der Waals surface area contributed by atoms with Gasteiger partial charge in [-0.1, -0.05) is 17.7 Å². The largest absolute Gasteiger partial charge is 0.384 e. The molecule has 3 rings (SSSR count). The first-order chi connectivity index (χ1) is 10.3. The second-order valence-electron chi connectivity index (χ2n) is 6.33. The molecule has 0 unspecified atom stereocenters. The molecule has 4 heteroatoms. The molecule has 1 aliphatic carbocycles. The molecule has 0 spiro atoms. The lowest BCUT2D eigenvalue weighted by Crippen LogP contribution is -2.35. The third-order valence-electron chi connectivity index (χ3n) is 4.54. The minimum absolute atomic E-state index is 0.701. The molecule has 3 nitrogen and oxygen atoms in total. The van der Waals surface area contributed by atoms with E-state index in [-0.39, 0.29) is 0 Å². The maximum atomic E-state index is 6.50. The van der Waals surface area contributed by atoms with Crippen LogP contribution < -0.4 is 10.2 Å². The van der Waals surface area contributed by atoms with E-state index in [1.807, 2.05) is 0 Å². The quantitative estimate of drug-likeness (QED) is 0.871. The number of ether oxygens (including phenoxy) is 1. The second-order valence-corrected chi connectivity index (χ2v) is 6.73. The van der Waals surface area contributed by atoms with E-state index in [0.717, 1.165) is 37.3 Å². The molecular formula is C17H25ClN2O. The van der Waals surface area contributed by atoms with Crippen LogP contribution >= 0.6 is 11.6 Å². The standard InChI is InChI=1S/C17H25ClN2O/c1-21-12-13-6-8-20(9-7-13)17-5-2-14(10-16(17)18)11-19-15-3-4-15/h2,5,10,13,15,19H,3-4,6-9,11-12H2,1H3. The van der Waals surface area contributed by atoms with E-state index in [4.69, 9.17) is 16.3 Å². The van der Waals surface area contributed by atoms with Gasteiger partial charge in [0.1, 0.15) is 0 Å². The van der Waals surface area contributed by atoms with Gasteiger partial charge in [-0.15, -0.1) is 0 Å². The number of nitrogens with zero attached hydrogens (tertiary/aromatic N) is 1. The highest BCUT2D eigenvalue weighted by Crippen LogP contribution is 2.31. The van der Waals surface area contributed by atoms with Crippen LogP contribution in [-0.2, 0) is 11.3 Å². The van der Waals surface area contributed by atoms with Crippen molar-refractivity contribution in [2.45, 2.75) is 38.3 Å². The van der Waals surface area contributed by atoms with Crippen molar-refractivity contribution in [1.29, 1.82) is 0 Å². The lowest BCUT2D eigenvalue weighted by Gasteiger charge is -2.34. The SMILES string of the molecule is COCC1CCN(c2ccc(CNC3CC3)cc2Cl)CC1. The van der Waals surface area contributed by atoms with Gasteiger partial charge in [0.25, 0.3) is 0 Å². The van der Waals surface area contributed by atoms with E-state index < -0.39 is 0 Å². The van der Waals surface area contributed by atoms with E-state index in [1.54, 1.807) is 7.11 Å². The van der Waals surface area contributed by atoms with Gasteiger partial charge < -0.3 is 15.0 Å². The van der Waals surface area contributed by atoms with E-state index in [9.17, 15) is 0 Å². The number of methoxy groups -OCH3 is 1. The molecule has 0 aromatic heterocycles. The Labute approximate surface area is 132 Å². The number of anilines is 1. The number of nitrogens with one attached hydrogen (secondary N) is 1. The van der Waals surface area contributed by atoms with Crippen molar-refractivity contribution in [3.63, 3.8) is 0 Å². The summed E-state index contributed by atoms with van der Waals surface area (Å²) in [6.07, 6.45) is 5.02. The zero-order valence-electron chi connectivity index (χ0n) is 12.8. The first-order valence-corrected chi connectivity index (χ1v) is 8.39. The third kappa shape index (κ3) is 4.12. The number of piperidine rings is 1. The van der Waals surface area contributed by atoms with Gasteiger partial charge in [0.2, 0.25) is 0 Å². The predicted octanol–water partition coefficient (Wildman–Crippen LogP) is 3.45. The molecule has 1 saturated heterocycles. The van der Waals surface area contributed by atoms with Gasteiger partial charge in [-0.3, -0.25) is 0 Å². The second kappa shape index (κ2) is 6.99. The maximum Gasteiger partial charge on any atom is 0.0642 e. The molecule has 1 N–H and O–H groups in total. The average molecular weight is 309 g/mol. The summed E-state index contributed by atoms with van der Waals surface area (Å²) in [6, 6.07) is 7.25. The predicted molar refractivity (Wildman–Crippen MR) is 88.1 cm³/mol. The smallest absolute Gasteiger partial charge is 0.0642 e. The van der Waals surface area contributed by atoms with Crippen LogP contribution in [0.2, 0.25) is 5.02 Å². The van der Waals surface area contributed by atoms with Crippen molar-refractivity contribution >= 4 is 17.3 Å². The average Bonchev–Trinajstić information content (AvgIpc) is 3.31. The fourth-order valence-corrected chi connectivity index (χ4v) is 3.37.